The van der Waals surface area contributed by atoms with Gasteiger partial charge in [0.15, 0.2) is 5.58 Å². The first-order valence-corrected chi connectivity index (χ1v) is 10.7. The SMILES string of the molecule is CC(C)NC(=O)c1cccc2c1CCCN2C(=O)CCn1c(=O)oc2cc(Cl)ccc21. The van der Waals surface area contributed by atoms with Gasteiger partial charge < -0.3 is 14.6 Å². The Hall–Kier alpha value is -3.06. The van der Waals surface area contributed by atoms with Gasteiger partial charge in [-0.3, -0.25) is 14.2 Å². The molecule has 0 aliphatic carbocycles. The maximum Gasteiger partial charge on any atom is 0.419 e. The molecule has 2 aromatic carbocycles. The van der Waals surface area contributed by atoms with E-state index in [1.54, 1.807) is 35.2 Å². The van der Waals surface area contributed by atoms with Crippen LogP contribution >= 0.6 is 11.6 Å². The highest BCUT2D eigenvalue weighted by Gasteiger charge is 2.26. The molecule has 2 heterocycles. The number of rotatable bonds is 5. The third kappa shape index (κ3) is 4.23. The molecule has 1 aliphatic heterocycles. The van der Waals surface area contributed by atoms with Crippen molar-refractivity contribution in [2.45, 2.75) is 45.7 Å². The number of fused-ring (bicyclic) bond motifs is 2. The summed E-state index contributed by atoms with van der Waals surface area (Å²) in [7, 11) is 0. The molecule has 8 heteroatoms. The highest BCUT2D eigenvalue weighted by molar-refractivity contribution is 6.31. The van der Waals surface area contributed by atoms with Crippen LogP contribution in [0.4, 0.5) is 5.69 Å². The molecule has 0 bridgehead atoms. The van der Waals surface area contributed by atoms with Crippen molar-refractivity contribution in [2.24, 2.45) is 0 Å². The summed E-state index contributed by atoms with van der Waals surface area (Å²) in [6.07, 6.45) is 1.66. The number of amides is 2. The van der Waals surface area contributed by atoms with E-state index in [1.165, 1.54) is 4.57 Å². The van der Waals surface area contributed by atoms with Gasteiger partial charge >= 0.3 is 5.76 Å². The quantitative estimate of drug-likeness (QED) is 0.653. The molecule has 3 aromatic rings. The van der Waals surface area contributed by atoms with Gasteiger partial charge in [0.05, 0.1) is 5.52 Å². The molecule has 1 aromatic heterocycles. The third-order valence-corrected chi connectivity index (χ3v) is 5.63. The van der Waals surface area contributed by atoms with Gasteiger partial charge in [-0.2, -0.15) is 0 Å². The molecule has 0 spiro atoms. The van der Waals surface area contributed by atoms with E-state index in [2.05, 4.69) is 5.32 Å². The van der Waals surface area contributed by atoms with Crippen molar-refractivity contribution in [3.63, 3.8) is 0 Å². The van der Waals surface area contributed by atoms with Crippen LogP contribution in [0.5, 0.6) is 0 Å². The minimum absolute atomic E-state index is 0.0302. The summed E-state index contributed by atoms with van der Waals surface area (Å²) in [4.78, 5) is 39.6. The number of halogens is 1. The standard InChI is InChI=1S/C23H24ClN3O4/c1-14(2)25-22(29)17-5-3-7-18-16(17)6-4-11-26(18)21(28)10-12-27-19-9-8-15(24)13-20(19)31-23(27)30/h3,5,7-9,13-14H,4,6,10-12H2,1-2H3,(H,25,29). The highest BCUT2D eigenvalue weighted by Crippen LogP contribution is 2.30. The highest BCUT2D eigenvalue weighted by atomic mass is 35.5. The molecule has 7 nitrogen and oxygen atoms in total. The van der Waals surface area contributed by atoms with Gasteiger partial charge in [-0.1, -0.05) is 17.7 Å². The second kappa shape index (κ2) is 8.59. The van der Waals surface area contributed by atoms with E-state index < -0.39 is 5.76 Å². The second-order valence-corrected chi connectivity index (χ2v) is 8.40. The Bertz CT molecular complexity index is 1210. The zero-order valence-corrected chi connectivity index (χ0v) is 18.2. The summed E-state index contributed by atoms with van der Waals surface area (Å²) in [5.74, 6) is -0.745. The van der Waals surface area contributed by atoms with Crippen molar-refractivity contribution in [2.75, 3.05) is 11.4 Å². The summed E-state index contributed by atoms with van der Waals surface area (Å²) in [5.41, 5.74) is 3.27. The molecular formula is C23H24ClN3O4. The molecule has 0 fully saturated rings. The molecule has 1 N–H and O–H groups in total. The topological polar surface area (TPSA) is 84.5 Å². The predicted octanol–water partition coefficient (Wildman–Crippen LogP) is 3.76. The van der Waals surface area contributed by atoms with Gasteiger partial charge in [-0.25, -0.2) is 4.79 Å². The fraction of sp³-hybridized carbons (Fsp3) is 0.348. The zero-order valence-electron chi connectivity index (χ0n) is 17.5. The van der Waals surface area contributed by atoms with Crippen molar-refractivity contribution in [1.82, 2.24) is 9.88 Å². The van der Waals surface area contributed by atoms with Crippen molar-refractivity contribution < 1.29 is 14.0 Å². The van der Waals surface area contributed by atoms with Crippen LogP contribution in [-0.4, -0.2) is 29.0 Å². The van der Waals surface area contributed by atoms with Gasteiger partial charge in [0, 0.05) is 47.9 Å². The molecule has 2 amide bonds. The number of carbonyl (C=O) groups is 2. The van der Waals surface area contributed by atoms with Crippen LogP contribution in [0.2, 0.25) is 5.02 Å². The van der Waals surface area contributed by atoms with E-state index in [1.807, 2.05) is 19.9 Å². The molecule has 1 aliphatic rings. The lowest BCUT2D eigenvalue weighted by Gasteiger charge is -2.31. The van der Waals surface area contributed by atoms with Crippen LogP contribution in [0.25, 0.3) is 11.1 Å². The first-order valence-electron chi connectivity index (χ1n) is 10.4. The molecule has 0 unspecified atom stereocenters. The summed E-state index contributed by atoms with van der Waals surface area (Å²) in [5, 5.41) is 3.40. The van der Waals surface area contributed by atoms with Crippen LogP contribution in [0.3, 0.4) is 0 Å². The van der Waals surface area contributed by atoms with E-state index in [0.717, 1.165) is 24.1 Å². The van der Waals surface area contributed by atoms with Gasteiger partial charge in [0.2, 0.25) is 5.91 Å². The van der Waals surface area contributed by atoms with Crippen LogP contribution in [-0.2, 0) is 17.8 Å². The fourth-order valence-electron chi connectivity index (χ4n) is 4.03. The minimum Gasteiger partial charge on any atom is -0.408 e. The number of hydrogen-bond donors (Lipinski definition) is 1. The summed E-state index contributed by atoms with van der Waals surface area (Å²) >= 11 is 5.96. The number of benzene rings is 2. The molecule has 4 rings (SSSR count). The second-order valence-electron chi connectivity index (χ2n) is 7.96. The van der Waals surface area contributed by atoms with E-state index in [4.69, 9.17) is 16.0 Å². The Labute approximate surface area is 184 Å². The molecule has 0 saturated carbocycles. The number of carbonyl (C=O) groups excluding carboxylic acids is 2. The lowest BCUT2D eigenvalue weighted by atomic mass is 9.95. The Kier molecular flexibility index (Phi) is 5.87. The molecule has 0 saturated heterocycles. The van der Waals surface area contributed by atoms with E-state index in [9.17, 15) is 14.4 Å². The maximum atomic E-state index is 13.1. The molecule has 0 atom stereocenters. The maximum absolute atomic E-state index is 13.1. The van der Waals surface area contributed by atoms with E-state index in [0.29, 0.717) is 28.2 Å². The van der Waals surface area contributed by atoms with Gasteiger partial charge in [0.25, 0.3) is 5.91 Å². The third-order valence-electron chi connectivity index (χ3n) is 5.40. The Morgan fingerprint density at radius 2 is 2.03 bits per heavy atom. The smallest absolute Gasteiger partial charge is 0.408 e. The molecule has 0 radical (unpaired) electrons. The van der Waals surface area contributed by atoms with Gasteiger partial charge in [0.1, 0.15) is 0 Å². The number of hydrogen-bond acceptors (Lipinski definition) is 4. The van der Waals surface area contributed by atoms with Crippen LogP contribution in [0, 0.1) is 0 Å². The predicted molar refractivity (Wildman–Crippen MR) is 120 cm³/mol. The molecule has 31 heavy (non-hydrogen) atoms. The van der Waals surface area contributed by atoms with Crippen LogP contribution in [0.15, 0.2) is 45.6 Å². The van der Waals surface area contributed by atoms with Crippen molar-refractivity contribution >= 4 is 40.2 Å². The number of nitrogens with zero attached hydrogens (tertiary/aromatic N) is 2. The van der Waals surface area contributed by atoms with Crippen molar-refractivity contribution in [3.05, 3.63) is 63.1 Å². The normalized spacial score (nSPS) is 13.5. The summed E-state index contributed by atoms with van der Waals surface area (Å²) < 4.78 is 6.69. The van der Waals surface area contributed by atoms with E-state index >= 15 is 0 Å². The van der Waals surface area contributed by atoms with Gasteiger partial charge in [-0.15, -0.1) is 0 Å². The average Bonchev–Trinajstić information content (AvgIpc) is 3.04. The lowest BCUT2D eigenvalue weighted by molar-refractivity contribution is -0.118. The van der Waals surface area contributed by atoms with E-state index in [-0.39, 0.29) is 30.8 Å². The van der Waals surface area contributed by atoms with Crippen molar-refractivity contribution in [1.29, 1.82) is 0 Å². The van der Waals surface area contributed by atoms with Crippen LogP contribution in [0.1, 0.15) is 42.6 Å². The molecular weight excluding hydrogens is 418 g/mol. The minimum atomic E-state index is -0.517. The first kappa shape index (κ1) is 21.2. The fourth-order valence-corrected chi connectivity index (χ4v) is 4.19. The number of nitrogens with one attached hydrogen (secondary N) is 1. The van der Waals surface area contributed by atoms with Crippen molar-refractivity contribution in [3.8, 4) is 0 Å². The first-order chi connectivity index (χ1) is 14.8. The Morgan fingerprint density at radius 3 is 2.81 bits per heavy atom. The summed E-state index contributed by atoms with van der Waals surface area (Å²) in [6, 6.07) is 10.5. The summed E-state index contributed by atoms with van der Waals surface area (Å²) in [6.45, 7) is 4.61. The largest absolute Gasteiger partial charge is 0.419 e. The average molecular weight is 442 g/mol. The Balaban J connectivity index is 1.56. The zero-order chi connectivity index (χ0) is 22.1. The Morgan fingerprint density at radius 1 is 1.23 bits per heavy atom. The number of aryl methyl sites for hydroxylation is 1. The lowest BCUT2D eigenvalue weighted by Crippen LogP contribution is -2.38. The number of oxazole rings is 1. The van der Waals surface area contributed by atoms with Gasteiger partial charge in [-0.05, 0) is 56.5 Å². The number of anilines is 1. The monoisotopic (exact) mass is 441 g/mol. The van der Waals surface area contributed by atoms with Crippen LogP contribution < -0.4 is 16.0 Å². The molecule has 162 valence electrons. The number of aromatic nitrogens is 1.